The summed E-state index contributed by atoms with van der Waals surface area (Å²) in [4.78, 5) is 16.6. The molecule has 1 aliphatic rings. The van der Waals surface area contributed by atoms with Crippen molar-refractivity contribution in [1.29, 1.82) is 0 Å². The summed E-state index contributed by atoms with van der Waals surface area (Å²) in [6.07, 6.45) is 0.828. The standard InChI is InChI=1S/C20H23FN2O/c1-16-5-4-7-18(15-16)22-11-13-23(14-12-22)20(24)10-9-17-6-2-3-8-19(17)21/h2-8,15H,9-14H2,1H3. The zero-order chi connectivity index (χ0) is 16.9. The van der Waals surface area contributed by atoms with Crippen molar-refractivity contribution in [2.75, 3.05) is 31.1 Å². The Morgan fingerprint density at radius 2 is 1.79 bits per heavy atom. The number of hydrogen-bond acceptors (Lipinski definition) is 2. The Kier molecular flexibility index (Phi) is 5.14. The molecule has 1 saturated heterocycles. The summed E-state index contributed by atoms with van der Waals surface area (Å²) in [6.45, 7) is 5.23. The van der Waals surface area contributed by atoms with Gasteiger partial charge in [0.1, 0.15) is 5.82 Å². The van der Waals surface area contributed by atoms with E-state index in [0.717, 1.165) is 26.2 Å². The van der Waals surface area contributed by atoms with Gasteiger partial charge in [0.2, 0.25) is 5.91 Å². The van der Waals surface area contributed by atoms with Gasteiger partial charge in [0.05, 0.1) is 0 Å². The minimum Gasteiger partial charge on any atom is -0.368 e. The molecule has 1 heterocycles. The average Bonchev–Trinajstić information content (AvgIpc) is 2.61. The van der Waals surface area contributed by atoms with Crippen LogP contribution in [-0.4, -0.2) is 37.0 Å². The largest absolute Gasteiger partial charge is 0.368 e. The van der Waals surface area contributed by atoms with E-state index in [0.29, 0.717) is 18.4 Å². The molecule has 0 atom stereocenters. The first-order chi connectivity index (χ1) is 11.6. The Hall–Kier alpha value is -2.36. The van der Waals surface area contributed by atoms with Crippen molar-refractivity contribution >= 4 is 11.6 Å². The van der Waals surface area contributed by atoms with Gasteiger partial charge in [-0.2, -0.15) is 0 Å². The number of benzene rings is 2. The second-order valence-electron chi connectivity index (χ2n) is 6.30. The van der Waals surface area contributed by atoms with Crippen molar-refractivity contribution in [3.63, 3.8) is 0 Å². The monoisotopic (exact) mass is 326 g/mol. The molecule has 0 spiro atoms. The van der Waals surface area contributed by atoms with Crippen molar-refractivity contribution in [2.24, 2.45) is 0 Å². The number of hydrogen-bond donors (Lipinski definition) is 0. The van der Waals surface area contributed by atoms with Gasteiger partial charge in [0.25, 0.3) is 0 Å². The van der Waals surface area contributed by atoms with E-state index in [1.165, 1.54) is 17.3 Å². The highest BCUT2D eigenvalue weighted by Gasteiger charge is 2.21. The number of anilines is 1. The Morgan fingerprint density at radius 3 is 2.50 bits per heavy atom. The van der Waals surface area contributed by atoms with Crippen molar-refractivity contribution in [3.8, 4) is 0 Å². The fourth-order valence-electron chi connectivity index (χ4n) is 3.14. The van der Waals surface area contributed by atoms with Gasteiger partial charge in [-0.3, -0.25) is 4.79 Å². The Bertz CT molecular complexity index is 708. The zero-order valence-corrected chi connectivity index (χ0v) is 14.0. The van der Waals surface area contributed by atoms with E-state index in [4.69, 9.17) is 0 Å². The molecule has 0 N–H and O–H groups in total. The smallest absolute Gasteiger partial charge is 0.223 e. The Balaban J connectivity index is 1.51. The van der Waals surface area contributed by atoms with Crippen LogP contribution in [0.2, 0.25) is 0 Å². The maximum Gasteiger partial charge on any atom is 0.223 e. The predicted octanol–water partition coefficient (Wildman–Crippen LogP) is 3.42. The minimum absolute atomic E-state index is 0.113. The zero-order valence-electron chi connectivity index (χ0n) is 14.0. The number of aryl methyl sites for hydroxylation is 2. The van der Waals surface area contributed by atoms with Crippen LogP contribution in [0.15, 0.2) is 48.5 Å². The van der Waals surface area contributed by atoms with Gasteiger partial charge in [-0.05, 0) is 42.7 Å². The number of carbonyl (C=O) groups excluding carboxylic acids is 1. The molecule has 1 fully saturated rings. The molecule has 1 aliphatic heterocycles. The summed E-state index contributed by atoms with van der Waals surface area (Å²) in [5.41, 5.74) is 3.08. The van der Waals surface area contributed by atoms with Gasteiger partial charge in [-0.1, -0.05) is 30.3 Å². The lowest BCUT2D eigenvalue weighted by atomic mass is 10.1. The van der Waals surface area contributed by atoms with Crippen molar-refractivity contribution in [3.05, 3.63) is 65.5 Å². The third kappa shape index (κ3) is 3.94. The fraction of sp³-hybridized carbons (Fsp3) is 0.350. The summed E-state index contributed by atoms with van der Waals surface area (Å²) in [6, 6.07) is 15.1. The van der Waals surface area contributed by atoms with E-state index in [1.807, 2.05) is 11.0 Å². The van der Waals surface area contributed by atoms with Crippen LogP contribution in [0.3, 0.4) is 0 Å². The fourth-order valence-corrected chi connectivity index (χ4v) is 3.14. The lowest BCUT2D eigenvalue weighted by molar-refractivity contribution is -0.131. The maximum atomic E-state index is 13.6. The molecule has 4 heteroatoms. The Labute approximate surface area is 142 Å². The minimum atomic E-state index is -0.227. The summed E-state index contributed by atoms with van der Waals surface area (Å²) in [7, 11) is 0. The number of carbonyl (C=O) groups is 1. The van der Waals surface area contributed by atoms with Gasteiger partial charge in [-0.25, -0.2) is 4.39 Å². The highest BCUT2D eigenvalue weighted by atomic mass is 19.1. The molecule has 1 amide bonds. The topological polar surface area (TPSA) is 23.6 Å². The molecule has 126 valence electrons. The van der Waals surface area contributed by atoms with Crippen LogP contribution >= 0.6 is 0 Å². The highest BCUT2D eigenvalue weighted by Crippen LogP contribution is 2.18. The van der Waals surface area contributed by atoms with Gasteiger partial charge in [0.15, 0.2) is 0 Å². The van der Waals surface area contributed by atoms with Crippen molar-refractivity contribution < 1.29 is 9.18 Å². The number of piperazine rings is 1. The van der Waals surface area contributed by atoms with Gasteiger partial charge in [-0.15, -0.1) is 0 Å². The van der Waals surface area contributed by atoms with Crippen LogP contribution in [0.1, 0.15) is 17.5 Å². The third-order valence-electron chi connectivity index (χ3n) is 4.57. The molecule has 24 heavy (non-hydrogen) atoms. The molecule has 2 aromatic carbocycles. The molecule has 2 aromatic rings. The molecule has 0 aliphatic carbocycles. The molecule has 0 bridgehead atoms. The maximum absolute atomic E-state index is 13.6. The Morgan fingerprint density at radius 1 is 1.04 bits per heavy atom. The van der Waals surface area contributed by atoms with Crippen LogP contribution in [0.5, 0.6) is 0 Å². The van der Waals surface area contributed by atoms with Crippen LogP contribution in [-0.2, 0) is 11.2 Å². The lowest BCUT2D eigenvalue weighted by Gasteiger charge is -2.36. The summed E-state index contributed by atoms with van der Waals surface area (Å²) >= 11 is 0. The molecule has 0 radical (unpaired) electrons. The van der Waals surface area contributed by atoms with E-state index >= 15 is 0 Å². The SMILES string of the molecule is Cc1cccc(N2CCN(C(=O)CCc3ccccc3F)CC2)c1. The predicted molar refractivity (Wildman–Crippen MR) is 94.7 cm³/mol. The molecule has 0 saturated carbocycles. The molecular weight excluding hydrogens is 303 g/mol. The van der Waals surface area contributed by atoms with Gasteiger partial charge >= 0.3 is 0 Å². The first kappa shape index (κ1) is 16.5. The molecule has 3 nitrogen and oxygen atoms in total. The van der Waals surface area contributed by atoms with Crippen molar-refractivity contribution in [1.82, 2.24) is 4.90 Å². The van der Waals surface area contributed by atoms with Crippen LogP contribution in [0.4, 0.5) is 10.1 Å². The molecule has 3 rings (SSSR count). The number of amides is 1. The van der Waals surface area contributed by atoms with E-state index in [-0.39, 0.29) is 11.7 Å². The van der Waals surface area contributed by atoms with E-state index < -0.39 is 0 Å². The van der Waals surface area contributed by atoms with Crippen LogP contribution < -0.4 is 4.90 Å². The normalized spacial score (nSPS) is 14.8. The number of rotatable bonds is 4. The first-order valence-corrected chi connectivity index (χ1v) is 8.46. The summed E-state index contributed by atoms with van der Waals surface area (Å²) in [5, 5.41) is 0. The molecular formula is C20H23FN2O. The van der Waals surface area contributed by atoms with E-state index in [9.17, 15) is 9.18 Å². The van der Waals surface area contributed by atoms with Crippen LogP contribution in [0, 0.1) is 12.7 Å². The van der Waals surface area contributed by atoms with Gasteiger partial charge < -0.3 is 9.80 Å². The number of nitrogens with zero attached hydrogens (tertiary/aromatic N) is 2. The first-order valence-electron chi connectivity index (χ1n) is 8.46. The van der Waals surface area contributed by atoms with Crippen LogP contribution in [0.25, 0.3) is 0 Å². The summed E-state index contributed by atoms with van der Waals surface area (Å²) in [5.74, 6) is -0.114. The molecule has 0 unspecified atom stereocenters. The molecule has 0 aromatic heterocycles. The van der Waals surface area contributed by atoms with Crippen molar-refractivity contribution in [2.45, 2.75) is 19.8 Å². The quantitative estimate of drug-likeness (QED) is 0.859. The average molecular weight is 326 g/mol. The van der Waals surface area contributed by atoms with E-state index in [2.05, 4.69) is 36.1 Å². The van der Waals surface area contributed by atoms with Gasteiger partial charge in [0, 0.05) is 38.3 Å². The summed E-state index contributed by atoms with van der Waals surface area (Å²) < 4.78 is 13.6. The lowest BCUT2D eigenvalue weighted by Crippen LogP contribution is -2.48. The second kappa shape index (κ2) is 7.47. The highest BCUT2D eigenvalue weighted by molar-refractivity contribution is 5.76. The third-order valence-corrected chi connectivity index (χ3v) is 4.57. The van der Waals surface area contributed by atoms with E-state index in [1.54, 1.807) is 12.1 Å². The number of halogens is 1. The second-order valence-corrected chi connectivity index (χ2v) is 6.30.